The summed E-state index contributed by atoms with van der Waals surface area (Å²) in [6.07, 6.45) is 0.197. The number of nitrogens with one attached hydrogen (secondary N) is 2. The summed E-state index contributed by atoms with van der Waals surface area (Å²) in [5.74, 6) is -0.568. The Hall–Kier alpha value is -2.79. The Kier molecular flexibility index (Phi) is 6.14. The van der Waals surface area contributed by atoms with Gasteiger partial charge in [0.2, 0.25) is 11.1 Å². The van der Waals surface area contributed by atoms with E-state index in [0.29, 0.717) is 15.8 Å². The standard InChI is InChI=1S/C16H15FN6O2S2/c1-23-16(20-21-22-23)26-9-8-14(24)18-19-15(25)13-7-6-12(27-13)10-2-4-11(17)5-3-10/h2-7H,8-9H2,1H3,(H,18,24)(H,19,25). The molecule has 0 fully saturated rings. The molecule has 2 aromatic heterocycles. The zero-order chi connectivity index (χ0) is 19.2. The maximum absolute atomic E-state index is 13.0. The second kappa shape index (κ2) is 8.73. The van der Waals surface area contributed by atoms with E-state index in [1.807, 2.05) is 0 Å². The number of benzene rings is 1. The zero-order valence-corrected chi connectivity index (χ0v) is 15.8. The van der Waals surface area contributed by atoms with Crippen molar-refractivity contribution in [2.24, 2.45) is 7.05 Å². The largest absolute Gasteiger partial charge is 0.279 e. The highest BCUT2D eigenvalue weighted by Crippen LogP contribution is 2.28. The minimum atomic E-state index is -0.410. The van der Waals surface area contributed by atoms with Gasteiger partial charge >= 0.3 is 0 Å². The Balaban J connectivity index is 1.45. The molecule has 0 aliphatic heterocycles. The molecule has 11 heteroatoms. The fourth-order valence-electron chi connectivity index (χ4n) is 2.06. The number of aromatic nitrogens is 4. The lowest BCUT2D eigenvalue weighted by atomic mass is 10.2. The first kappa shape index (κ1) is 19.0. The molecule has 0 saturated heterocycles. The highest BCUT2D eigenvalue weighted by Gasteiger charge is 2.12. The average Bonchev–Trinajstić information content (AvgIpc) is 3.30. The van der Waals surface area contributed by atoms with Gasteiger partial charge in [-0.25, -0.2) is 9.07 Å². The van der Waals surface area contributed by atoms with Gasteiger partial charge in [0.15, 0.2) is 0 Å². The Morgan fingerprint density at radius 1 is 1.19 bits per heavy atom. The Morgan fingerprint density at radius 3 is 2.67 bits per heavy atom. The van der Waals surface area contributed by atoms with E-state index in [0.717, 1.165) is 10.4 Å². The van der Waals surface area contributed by atoms with Gasteiger partial charge in [0, 0.05) is 24.1 Å². The van der Waals surface area contributed by atoms with Crippen molar-refractivity contribution in [3.63, 3.8) is 0 Å². The summed E-state index contributed by atoms with van der Waals surface area (Å²) in [6.45, 7) is 0. The third-order valence-electron chi connectivity index (χ3n) is 3.42. The number of carbonyl (C=O) groups is 2. The number of carbonyl (C=O) groups excluding carboxylic acids is 2. The van der Waals surface area contributed by atoms with Gasteiger partial charge in [-0.3, -0.25) is 20.4 Å². The molecule has 0 spiro atoms. The van der Waals surface area contributed by atoms with E-state index in [4.69, 9.17) is 0 Å². The smallest absolute Gasteiger partial charge is 0.273 e. The van der Waals surface area contributed by atoms with Crippen molar-refractivity contribution in [1.82, 2.24) is 31.1 Å². The van der Waals surface area contributed by atoms with Gasteiger partial charge in [0.05, 0.1) is 4.88 Å². The van der Waals surface area contributed by atoms with Gasteiger partial charge in [-0.2, -0.15) is 0 Å². The fraction of sp³-hybridized carbons (Fsp3) is 0.188. The quantitative estimate of drug-likeness (QED) is 0.480. The van der Waals surface area contributed by atoms with Crippen molar-refractivity contribution in [3.05, 3.63) is 47.1 Å². The number of amides is 2. The van der Waals surface area contributed by atoms with Gasteiger partial charge in [-0.15, -0.1) is 16.4 Å². The van der Waals surface area contributed by atoms with Crippen molar-refractivity contribution in [1.29, 1.82) is 0 Å². The van der Waals surface area contributed by atoms with Gasteiger partial charge in [-0.1, -0.05) is 23.9 Å². The molecule has 140 valence electrons. The summed E-state index contributed by atoms with van der Waals surface area (Å²) in [6, 6.07) is 9.46. The first-order chi connectivity index (χ1) is 13.0. The number of hydrogen-bond acceptors (Lipinski definition) is 7. The number of thioether (sulfide) groups is 1. The minimum absolute atomic E-state index is 0.197. The van der Waals surface area contributed by atoms with Crippen LogP contribution in [0.3, 0.4) is 0 Å². The van der Waals surface area contributed by atoms with Crippen LogP contribution in [0, 0.1) is 5.82 Å². The highest BCUT2D eigenvalue weighted by molar-refractivity contribution is 7.99. The van der Waals surface area contributed by atoms with Crippen molar-refractivity contribution in [2.75, 3.05) is 5.75 Å². The monoisotopic (exact) mass is 406 g/mol. The first-order valence-electron chi connectivity index (χ1n) is 7.83. The Labute approximate surface area is 162 Å². The summed E-state index contributed by atoms with van der Waals surface area (Å²) < 4.78 is 14.5. The van der Waals surface area contributed by atoms with Crippen LogP contribution >= 0.6 is 23.1 Å². The Bertz CT molecular complexity index is 941. The second-order valence-electron chi connectivity index (χ2n) is 5.36. The van der Waals surface area contributed by atoms with Crippen molar-refractivity contribution >= 4 is 34.9 Å². The van der Waals surface area contributed by atoms with Crippen molar-refractivity contribution < 1.29 is 14.0 Å². The third kappa shape index (κ3) is 5.11. The lowest BCUT2D eigenvalue weighted by molar-refractivity contribution is -0.121. The Morgan fingerprint density at radius 2 is 1.96 bits per heavy atom. The molecule has 3 aromatic rings. The molecule has 27 heavy (non-hydrogen) atoms. The van der Waals surface area contributed by atoms with E-state index in [2.05, 4.69) is 26.4 Å². The molecule has 0 unspecified atom stereocenters. The molecule has 2 heterocycles. The molecule has 0 radical (unpaired) electrons. The average molecular weight is 406 g/mol. The molecule has 0 aliphatic rings. The number of aryl methyl sites for hydroxylation is 1. The van der Waals surface area contributed by atoms with Crippen LogP contribution in [-0.2, 0) is 11.8 Å². The molecule has 2 amide bonds. The number of rotatable bonds is 6. The number of hydrazine groups is 1. The number of halogens is 1. The number of tetrazole rings is 1. The van der Waals surface area contributed by atoms with Gasteiger partial charge < -0.3 is 0 Å². The van der Waals surface area contributed by atoms with Crippen LogP contribution in [0.4, 0.5) is 4.39 Å². The van der Waals surface area contributed by atoms with Gasteiger partial charge in [-0.05, 0) is 40.3 Å². The molecular weight excluding hydrogens is 391 g/mol. The molecule has 3 rings (SSSR count). The maximum atomic E-state index is 13.0. The molecule has 0 aliphatic carbocycles. The molecule has 8 nitrogen and oxygen atoms in total. The first-order valence-corrected chi connectivity index (χ1v) is 9.63. The van der Waals surface area contributed by atoms with E-state index in [-0.39, 0.29) is 18.1 Å². The predicted octanol–water partition coefficient (Wildman–Crippen LogP) is 2.02. The fourth-order valence-corrected chi connectivity index (χ4v) is 3.75. The number of hydrogen-bond donors (Lipinski definition) is 2. The van der Waals surface area contributed by atoms with Crippen LogP contribution in [-0.4, -0.2) is 37.8 Å². The summed E-state index contributed by atoms with van der Waals surface area (Å²) in [7, 11) is 1.71. The van der Waals surface area contributed by atoms with E-state index in [1.54, 1.807) is 31.3 Å². The number of thiophene rings is 1. The minimum Gasteiger partial charge on any atom is -0.273 e. The molecule has 2 N–H and O–H groups in total. The topological polar surface area (TPSA) is 102 Å². The highest BCUT2D eigenvalue weighted by atomic mass is 32.2. The van der Waals surface area contributed by atoms with Crippen LogP contribution in [0.5, 0.6) is 0 Å². The molecule has 1 aromatic carbocycles. The maximum Gasteiger partial charge on any atom is 0.279 e. The van der Waals surface area contributed by atoms with Crippen LogP contribution in [0.15, 0.2) is 41.6 Å². The third-order valence-corrected chi connectivity index (χ3v) is 5.56. The molecular formula is C16H15FN6O2S2. The van der Waals surface area contributed by atoms with Crippen LogP contribution < -0.4 is 10.9 Å². The van der Waals surface area contributed by atoms with E-state index < -0.39 is 5.91 Å². The van der Waals surface area contributed by atoms with E-state index in [1.165, 1.54) is 39.9 Å². The van der Waals surface area contributed by atoms with Crippen LogP contribution in [0.25, 0.3) is 10.4 Å². The van der Waals surface area contributed by atoms with Crippen molar-refractivity contribution in [3.8, 4) is 10.4 Å². The summed E-state index contributed by atoms with van der Waals surface area (Å²) in [4.78, 5) is 25.2. The van der Waals surface area contributed by atoms with E-state index >= 15 is 0 Å². The second-order valence-corrected chi connectivity index (χ2v) is 7.50. The van der Waals surface area contributed by atoms with Gasteiger partial charge in [0.1, 0.15) is 5.82 Å². The van der Waals surface area contributed by atoms with Crippen molar-refractivity contribution in [2.45, 2.75) is 11.6 Å². The molecule has 0 bridgehead atoms. The number of nitrogens with zero attached hydrogens (tertiary/aromatic N) is 4. The van der Waals surface area contributed by atoms with E-state index in [9.17, 15) is 14.0 Å². The van der Waals surface area contributed by atoms with Gasteiger partial charge in [0.25, 0.3) is 5.91 Å². The normalized spacial score (nSPS) is 10.6. The molecule has 0 atom stereocenters. The van der Waals surface area contributed by atoms with Crippen LogP contribution in [0.2, 0.25) is 0 Å². The lowest BCUT2D eigenvalue weighted by Gasteiger charge is -2.05. The van der Waals surface area contributed by atoms with Crippen LogP contribution in [0.1, 0.15) is 16.1 Å². The molecule has 0 saturated carbocycles. The predicted molar refractivity (Wildman–Crippen MR) is 99.5 cm³/mol. The summed E-state index contributed by atoms with van der Waals surface area (Å²) in [5.41, 5.74) is 5.58. The zero-order valence-electron chi connectivity index (χ0n) is 14.2. The summed E-state index contributed by atoms with van der Waals surface area (Å²) >= 11 is 2.60. The summed E-state index contributed by atoms with van der Waals surface area (Å²) in [5, 5.41) is 11.6. The SMILES string of the molecule is Cn1nnnc1SCCC(=O)NNC(=O)c1ccc(-c2ccc(F)cc2)s1. The lowest BCUT2D eigenvalue weighted by Crippen LogP contribution is -2.41.